The molecule has 2 nitrogen and oxygen atoms in total. The molecule has 0 bridgehead atoms. The molecular weight excluding hydrogens is 472 g/mol. The Morgan fingerprint density at radius 3 is 2.10 bits per heavy atom. The van der Waals surface area contributed by atoms with Crippen LogP contribution in [0.3, 0.4) is 0 Å². The Kier molecular flexibility index (Phi) is 16.7. The first-order valence-corrected chi connectivity index (χ1v) is 16.8. The van der Waals surface area contributed by atoms with Crippen LogP contribution in [-0.4, -0.2) is 24.0 Å². The molecule has 1 heterocycles. The van der Waals surface area contributed by atoms with Crippen LogP contribution in [0.15, 0.2) is 54.9 Å². The molecule has 0 amide bonds. The first kappa shape index (κ1) is 33.5. The summed E-state index contributed by atoms with van der Waals surface area (Å²) in [6, 6.07) is 11.4. The van der Waals surface area contributed by atoms with Crippen molar-refractivity contribution in [1.82, 2.24) is 10.2 Å². The zero-order valence-electron chi connectivity index (χ0n) is 26.7. The van der Waals surface area contributed by atoms with Gasteiger partial charge in [0, 0.05) is 30.5 Å². The number of unbranched alkanes of at least 4 members (excludes halogenated alkanes) is 2. The third-order valence-corrected chi connectivity index (χ3v) is 9.37. The van der Waals surface area contributed by atoms with Crippen molar-refractivity contribution in [3.05, 3.63) is 60.4 Å². The second kappa shape index (κ2) is 19.4. The lowest BCUT2D eigenvalue weighted by Crippen LogP contribution is -2.35. The van der Waals surface area contributed by atoms with E-state index in [2.05, 4.69) is 88.3 Å². The molecule has 2 fully saturated rings. The van der Waals surface area contributed by atoms with Crippen molar-refractivity contribution in [2.24, 2.45) is 23.7 Å². The van der Waals surface area contributed by atoms with Gasteiger partial charge in [-0.1, -0.05) is 135 Å². The number of allylic oxidation sites excluding steroid dienone is 2. The van der Waals surface area contributed by atoms with Gasteiger partial charge in [0.15, 0.2) is 0 Å². The molecule has 222 valence electrons. The zero-order chi connectivity index (χ0) is 28.5. The Hall–Kier alpha value is -1.70. The number of hydrogen-bond acceptors (Lipinski definition) is 2. The largest absolute Gasteiger partial charge is 0.386 e. The Balaban J connectivity index is 0.000000277. The summed E-state index contributed by atoms with van der Waals surface area (Å²) in [5.41, 5.74) is 4.02. The van der Waals surface area contributed by atoms with Gasteiger partial charge in [0.1, 0.15) is 0 Å². The van der Waals surface area contributed by atoms with E-state index in [1.807, 2.05) is 0 Å². The van der Waals surface area contributed by atoms with Crippen LogP contribution < -0.4 is 5.32 Å². The highest BCUT2D eigenvalue weighted by molar-refractivity contribution is 5.17. The van der Waals surface area contributed by atoms with Gasteiger partial charge in [0.25, 0.3) is 0 Å². The van der Waals surface area contributed by atoms with Crippen molar-refractivity contribution in [1.29, 1.82) is 0 Å². The second-order valence-corrected chi connectivity index (χ2v) is 13.0. The van der Waals surface area contributed by atoms with E-state index in [1.165, 1.54) is 120 Å². The van der Waals surface area contributed by atoms with Gasteiger partial charge in [-0.3, -0.25) is 0 Å². The van der Waals surface area contributed by atoms with Gasteiger partial charge >= 0.3 is 0 Å². The predicted octanol–water partition coefficient (Wildman–Crippen LogP) is 10.6. The molecule has 3 rings (SSSR count). The molecule has 1 aromatic carbocycles. The van der Waals surface area contributed by atoms with E-state index in [4.69, 9.17) is 0 Å². The molecule has 39 heavy (non-hydrogen) atoms. The molecule has 1 aromatic rings. The number of piperidine rings is 1. The maximum absolute atomic E-state index is 4.39. The van der Waals surface area contributed by atoms with Crippen LogP contribution in [0.4, 0.5) is 0 Å². The summed E-state index contributed by atoms with van der Waals surface area (Å²) >= 11 is 0. The molecule has 0 spiro atoms. The molecule has 1 saturated heterocycles. The van der Waals surface area contributed by atoms with E-state index in [1.54, 1.807) is 0 Å². The molecule has 0 radical (unpaired) electrons. The van der Waals surface area contributed by atoms with E-state index in [9.17, 15) is 0 Å². The summed E-state index contributed by atoms with van der Waals surface area (Å²) in [5, 5.41) is 3.64. The van der Waals surface area contributed by atoms with Crippen LogP contribution in [0.25, 0.3) is 0 Å². The van der Waals surface area contributed by atoms with Gasteiger partial charge in [-0.05, 0) is 68.3 Å². The fraction of sp³-hybridized carbons (Fsp3) is 0.730. The lowest BCUT2D eigenvalue weighted by molar-refractivity contribution is 0.201. The van der Waals surface area contributed by atoms with E-state index < -0.39 is 0 Å². The molecule has 3 atom stereocenters. The van der Waals surface area contributed by atoms with Gasteiger partial charge in [0.2, 0.25) is 0 Å². The Bertz CT molecular complexity index is 770. The van der Waals surface area contributed by atoms with Crippen molar-refractivity contribution >= 4 is 0 Å². The van der Waals surface area contributed by atoms with E-state index in [0.29, 0.717) is 17.9 Å². The third kappa shape index (κ3) is 13.5. The number of nitrogens with zero attached hydrogens (tertiary/aromatic N) is 1. The molecule has 1 aliphatic carbocycles. The van der Waals surface area contributed by atoms with E-state index in [0.717, 1.165) is 18.3 Å². The topological polar surface area (TPSA) is 15.3 Å². The highest BCUT2D eigenvalue weighted by Gasteiger charge is 2.22. The van der Waals surface area contributed by atoms with Crippen LogP contribution in [0, 0.1) is 23.7 Å². The molecule has 2 aliphatic rings. The SMILES string of the molecule is C=C(C(C)Cc1ccccc1)N1CCC(CCCC)CC1.C=C(NC(C)CC1CCCCC1)C(C)CCCC. The van der Waals surface area contributed by atoms with Crippen LogP contribution in [-0.2, 0) is 6.42 Å². The number of hydrogen-bond donors (Lipinski definition) is 1. The minimum atomic E-state index is 0.541. The highest BCUT2D eigenvalue weighted by Crippen LogP contribution is 2.29. The summed E-state index contributed by atoms with van der Waals surface area (Å²) in [5.74, 6) is 3.08. The second-order valence-electron chi connectivity index (χ2n) is 13.0. The molecule has 1 N–H and O–H groups in total. The Morgan fingerprint density at radius 2 is 1.49 bits per heavy atom. The summed E-state index contributed by atoms with van der Waals surface area (Å²) < 4.78 is 0. The minimum absolute atomic E-state index is 0.541. The van der Waals surface area contributed by atoms with Crippen molar-refractivity contribution in [2.45, 2.75) is 137 Å². The fourth-order valence-corrected chi connectivity index (χ4v) is 6.52. The van der Waals surface area contributed by atoms with Gasteiger partial charge in [-0.25, -0.2) is 0 Å². The average Bonchev–Trinajstić information content (AvgIpc) is 2.96. The van der Waals surface area contributed by atoms with Gasteiger partial charge in [-0.2, -0.15) is 0 Å². The van der Waals surface area contributed by atoms with Crippen LogP contribution in [0.5, 0.6) is 0 Å². The fourth-order valence-electron chi connectivity index (χ4n) is 6.52. The monoisotopic (exact) mass is 537 g/mol. The predicted molar refractivity (Wildman–Crippen MR) is 174 cm³/mol. The molecule has 0 aromatic heterocycles. The lowest BCUT2D eigenvalue weighted by Gasteiger charge is -2.37. The summed E-state index contributed by atoms with van der Waals surface area (Å²) in [6.07, 6.45) is 20.5. The van der Waals surface area contributed by atoms with E-state index >= 15 is 0 Å². The lowest BCUT2D eigenvalue weighted by atomic mass is 9.85. The maximum atomic E-state index is 4.39. The van der Waals surface area contributed by atoms with Crippen molar-refractivity contribution in [3.8, 4) is 0 Å². The van der Waals surface area contributed by atoms with Gasteiger partial charge < -0.3 is 10.2 Å². The van der Waals surface area contributed by atoms with Crippen LogP contribution in [0.1, 0.15) is 130 Å². The van der Waals surface area contributed by atoms with Crippen LogP contribution in [0.2, 0.25) is 0 Å². The Morgan fingerprint density at radius 1 is 0.846 bits per heavy atom. The van der Waals surface area contributed by atoms with Gasteiger partial charge in [-0.15, -0.1) is 0 Å². The van der Waals surface area contributed by atoms with Crippen molar-refractivity contribution in [2.75, 3.05) is 13.1 Å². The number of likely N-dealkylation sites (tertiary alicyclic amines) is 1. The molecule has 1 saturated carbocycles. The Labute approximate surface area is 244 Å². The quantitative estimate of drug-likeness (QED) is 0.240. The summed E-state index contributed by atoms with van der Waals surface area (Å²) in [6.45, 7) is 22.5. The molecule has 2 heteroatoms. The normalized spacial score (nSPS) is 18.9. The third-order valence-electron chi connectivity index (χ3n) is 9.37. The van der Waals surface area contributed by atoms with Crippen LogP contribution >= 0.6 is 0 Å². The van der Waals surface area contributed by atoms with Gasteiger partial charge in [0.05, 0.1) is 0 Å². The summed E-state index contributed by atoms with van der Waals surface area (Å²) in [4.78, 5) is 2.54. The zero-order valence-corrected chi connectivity index (χ0v) is 26.7. The van der Waals surface area contributed by atoms with E-state index in [-0.39, 0.29) is 0 Å². The van der Waals surface area contributed by atoms with Crippen molar-refractivity contribution in [3.63, 3.8) is 0 Å². The number of nitrogens with one attached hydrogen (secondary N) is 1. The standard InChI is InChI=1S/C20H31N.C17H33N/c1-4-5-9-19-12-14-21(15-13-19)18(3)17(2)16-20-10-7-6-8-11-20;1-5-6-10-14(2)16(4)18-15(3)13-17-11-8-7-9-12-17/h6-8,10-11,17,19H,3-5,9,12-16H2,1-2H3;14-15,17-18H,4-13H2,1-3H3. The molecule has 3 unspecified atom stereocenters. The first-order chi connectivity index (χ1) is 18.8. The maximum Gasteiger partial charge on any atom is 0.0232 e. The smallest absolute Gasteiger partial charge is 0.0232 e. The number of benzene rings is 1. The number of rotatable bonds is 15. The highest BCUT2D eigenvalue weighted by atomic mass is 15.1. The first-order valence-electron chi connectivity index (χ1n) is 16.8. The summed E-state index contributed by atoms with van der Waals surface area (Å²) in [7, 11) is 0. The minimum Gasteiger partial charge on any atom is -0.386 e. The van der Waals surface area contributed by atoms with Crippen molar-refractivity contribution < 1.29 is 0 Å². The molecule has 1 aliphatic heterocycles. The average molecular weight is 537 g/mol. The molecular formula is C37H64N2.